The summed E-state index contributed by atoms with van der Waals surface area (Å²) in [5.41, 5.74) is 0.982. The molecule has 0 aliphatic heterocycles. The van der Waals surface area contributed by atoms with Gasteiger partial charge in [-0.05, 0) is 42.8 Å². The van der Waals surface area contributed by atoms with Gasteiger partial charge in [-0.2, -0.15) is 0 Å². The molecule has 2 rings (SSSR count). The maximum Gasteiger partial charge on any atom is 0.255 e. The quantitative estimate of drug-likeness (QED) is 0.849. The summed E-state index contributed by atoms with van der Waals surface area (Å²) in [6, 6.07) is 9.75. The highest BCUT2D eigenvalue weighted by atomic mass is 35.5. The zero-order chi connectivity index (χ0) is 16.8. The van der Waals surface area contributed by atoms with Crippen molar-refractivity contribution in [3.8, 4) is 17.2 Å². The molecule has 0 saturated heterocycles. The summed E-state index contributed by atoms with van der Waals surface area (Å²) < 4.78 is 10.7. The van der Waals surface area contributed by atoms with Crippen LogP contribution in [0, 0.1) is 0 Å². The average Bonchev–Trinajstić information content (AvgIpc) is 2.56. The molecular formula is C17H18ClNO4. The molecule has 0 spiro atoms. The summed E-state index contributed by atoms with van der Waals surface area (Å²) in [6.45, 7) is 2.72. The van der Waals surface area contributed by atoms with Gasteiger partial charge in [0.15, 0.2) is 11.5 Å². The van der Waals surface area contributed by atoms with Crippen LogP contribution in [-0.4, -0.2) is 24.7 Å². The lowest BCUT2D eigenvalue weighted by Crippen LogP contribution is -2.22. The van der Waals surface area contributed by atoms with Gasteiger partial charge in [-0.25, -0.2) is 0 Å². The fourth-order valence-corrected chi connectivity index (χ4v) is 2.24. The van der Waals surface area contributed by atoms with Gasteiger partial charge in [-0.3, -0.25) is 4.79 Å². The Balaban J connectivity index is 2.08. The second-order valence-corrected chi connectivity index (χ2v) is 5.20. The van der Waals surface area contributed by atoms with Crippen molar-refractivity contribution in [3.05, 3.63) is 52.5 Å². The van der Waals surface area contributed by atoms with Crippen molar-refractivity contribution >= 4 is 17.5 Å². The van der Waals surface area contributed by atoms with E-state index in [2.05, 4.69) is 5.32 Å². The van der Waals surface area contributed by atoms with Gasteiger partial charge in [0.05, 0.1) is 19.3 Å². The molecule has 0 aliphatic rings. The van der Waals surface area contributed by atoms with Gasteiger partial charge < -0.3 is 19.9 Å². The number of carbonyl (C=O) groups excluding carboxylic acids is 1. The molecule has 2 aromatic carbocycles. The number of amides is 1. The van der Waals surface area contributed by atoms with Crippen molar-refractivity contribution in [1.29, 1.82) is 0 Å². The normalized spacial score (nSPS) is 10.2. The molecule has 2 N–H and O–H groups in total. The maximum atomic E-state index is 12.1. The van der Waals surface area contributed by atoms with Crippen LogP contribution in [0.3, 0.4) is 0 Å². The van der Waals surface area contributed by atoms with Gasteiger partial charge >= 0.3 is 0 Å². The fraction of sp³-hybridized carbons (Fsp3) is 0.235. The van der Waals surface area contributed by atoms with E-state index in [1.807, 2.05) is 13.0 Å². The van der Waals surface area contributed by atoms with Crippen molar-refractivity contribution in [3.63, 3.8) is 0 Å². The molecule has 2 aromatic rings. The molecule has 23 heavy (non-hydrogen) atoms. The van der Waals surface area contributed by atoms with Gasteiger partial charge in [0.2, 0.25) is 0 Å². The van der Waals surface area contributed by atoms with E-state index in [9.17, 15) is 9.90 Å². The van der Waals surface area contributed by atoms with Crippen LogP contribution in [0.4, 0.5) is 0 Å². The molecule has 0 atom stereocenters. The molecule has 6 heteroatoms. The molecule has 0 fully saturated rings. The number of phenols is 1. The van der Waals surface area contributed by atoms with Crippen LogP contribution >= 0.6 is 11.6 Å². The largest absolute Gasteiger partial charge is 0.507 e. The third-order valence-electron chi connectivity index (χ3n) is 3.18. The Morgan fingerprint density at radius 3 is 2.70 bits per heavy atom. The molecule has 0 heterocycles. The lowest BCUT2D eigenvalue weighted by molar-refractivity contribution is 0.0948. The number of methoxy groups -OCH3 is 1. The minimum atomic E-state index is -0.405. The summed E-state index contributed by atoms with van der Waals surface area (Å²) >= 11 is 5.84. The number of phenolic OH excluding ortho intramolecular Hbond substituents is 1. The van der Waals surface area contributed by atoms with Crippen molar-refractivity contribution in [2.45, 2.75) is 13.5 Å². The van der Waals surface area contributed by atoms with E-state index >= 15 is 0 Å². The van der Waals surface area contributed by atoms with Crippen LogP contribution in [0.1, 0.15) is 22.8 Å². The average molecular weight is 336 g/mol. The first-order valence-electron chi connectivity index (χ1n) is 7.11. The van der Waals surface area contributed by atoms with Crippen LogP contribution in [0.25, 0.3) is 0 Å². The number of ether oxygens (including phenoxy) is 2. The highest BCUT2D eigenvalue weighted by Crippen LogP contribution is 2.28. The van der Waals surface area contributed by atoms with Crippen molar-refractivity contribution in [2.24, 2.45) is 0 Å². The summed E-state index contributed by atoms with van der Waals surface area (Å²) in [6.07, 6.45) is 0. The van der Waals surface area contributed by atoms with Gasteiger partial charge in [-0.1, -0.05) is 17.7 Å². The SMILES string of the molecule is CCOc1ccc(CNC(=O)c2cc(Cl)ccc2O)cc1OC. The molecule has 122 valence electrons. The standard InChI is InChI=1S/C17H18ClNO4/c1-3-23-15-7-4-11(8-16(15)22-2)10-19-17(21)13-9-12(18)5-6-14(13)20/h4-9,20H,3,10H2,1-2H3,(H,19,21). The van der Waals surface area contributed by atoms with Crippen LogP contribution in [-0.2, 0) is 6.54 Å². The van der Waals surface area contributed by atoms with Crippen molar-refractivity contribution in [2.75, 3.05) is 13.7 Å². The minimum Gasteiger partial charge on any atom is -0.507 e. The number of halogens is 1. The molecule has 0 unspecified atom stereocenters. The zero-order valence-electron chi connectivity index (χ0n) is 12.9. The van der Waals surface area contributed by atoms with Crippen LogP contribution in [0.15, 0.2) is 36.4 Å². The van der Waals surface area contributed by atoms with Crippen molar-refractivity contribution < 1.29 is 19.4 Å². The Bertz CT molecular complexity index is 703. The number of carbonyl (C=O) groups is 1. The summed E-state index contributed by atoms with van der Waals surface area (Å²) in [7, 11) is 1.56. The monoisotopic (exact) mass is 335 g/mol. The number of benzene rings is 2. The van der Waals surface area contributed by atoms with E-state index in [0.29, 0.717) is 23.1 Å². The topological polar surface area (TPSA) is 67.8 Å². The van der Waals surface area contributed by atoms with E-state index in [0.717, 1.165) is 5.56 Å². The molecule has 0 aliphatic carbocycles. The second kappa shape index (κ2) is 7.74. The summed E-state index contributed by atoms with van der Waals surface area (Å²) in [4.78, 5) is 12.1. The first-order valence-corrected chi connectivity index (χ1v) is 7.49. The molecule has 0 saturated carbocycles. The Labute approximate surface area is 139 Å². The van der Waals surface area contributed by atoms with Gasteiger partial charge in [0.1, 0.15) is 5.75 Å². The molecule has 0 aromatic heterocycles. The van der Waals surface area contributed by atoms with E-state index in [4.69, 9.17) is 21.1 Å². The smallest absolute Gasteiger partial charge is 0.255 e. The minimum absolute atomic E-state index is 0.115. The number of rotatable bonds is 6. The zero-order valence-corrected chi connectivity index (χ0v) is 13.7. The Hall–Kier alpha value is -2.40. The first-order chi connectivity index (χ1) is 11.0. The van der Waals surface area contributed by atoms with Crippen LogP contribution < -0.4 is 14.8 Å². The molecule has 5 nitrogen and oxygen atoms in total. The Morgan fingerprint density at radius 2 is 2.00 bits per heavy atom. The Kier molecular flexibility index (Phi) is 5.71. The van der Waals surface area contributed by atoms with Gasteiger partial charge in [0.25, 0.3) is 5.91 Å². The molecule has 0 bridgehead atoms. The number of nitrogens with one attached hydrogen (secondary N) is 1. The fourth-order valence-electron chi connectivity index (χ4n) is 2.06. The number of hydrogen-bond acceptors (Lipinski definition) is 4. The van der Waals surface area contributed by atoms with Gasteiger partial charge in [0, 0.05) is 11.6 Å². The van der Waals surface area contributed by atoms with E-state index in [1.54, 1.807) is 19.2 Å². The van der Waals surface area contributed by atoms with E-state index in [1.165, 1.54) is 18.2 Å². The molecule has 1 amide bonds. The van der Waals surface area contributed by atoms with E-state index < -0.39 is 5.91 Å². The lowest BCUT2D eigenvalue weighted by Gasteiger charge is -2.12. The first kappa shape index (κ1) is 17.0. The van der Waals surface area contributed by atoms with Crippen LogP contribution in [0.5, 0.6) is 17.2 Å². The number of aromatic hydroxyl groups is 1. The summed E-state index contributed by atoms with van der Waals surface area (Å²) in [5.74, 6) is 0.732. The van der Waals surface area contributed by atoms with Crippen molar-refractivity contribution in [1.82, 2.24) is 5.32 Å². The lowest BCUT2D eigenvalue weighted by atomic mass is 10.1. The predicted octanol–water partition coefficient (Wildman–Crippen LogP) is 3.38. The molecular weight excluding hydrogens is 318 g/mol. The third-order valence-corrected chi connectivity index (χ3v) is 3.42. The highest BCUT2D eigenvalue weighted by molar-refractivity contribution is 6.31. The van der Waals surface area contributed by atoms with Gasteiger partial charge in [-0.15, -0.1) is 0 Å². The van der Waals surface area contributed by atoms with E-state index in [-0.39, 0.29) is 17.9 Å². The molecule has 0 radical (unpaired) electrons. The second-order valence-electron chi connectivity index (χ2n) is 4.76. The Morgan fingerprint density at radius 1 is 1.22 bits per heavy atom. The maximum absolute atomic E-state index is 12.1. The highest BCUT2D eigenvalue weighted by Gasteiger charge is 2.12. The summed E-state index contributed by atoms with van der Waals surface area (Å²) in [5, 5.41) is 12.8. The van der Waals surface area contributed by atoms with Crippen LogP contribution in [0.2, 0.25) is 5.02 Å². The number of hydrogen-bond donors (Lipinski definition) is 2. The predicted molar refractivity (Wildman–Crippen MR) is 88.5 cm³/mol. The third kappa shape index (κ3) is 4.29.